The summed E-state index contributed by atoms with van der Waals surface area (Å²) in [7, 11) is 2.12. The lowest BCUT2D eigenvalue weighted by Crippen LogP contribution is -2.33. The summed E-state index contributed by atoms with van der Waals surface area (Å²) in [6.07, 6.45) is 0.425. The molecule has 2 nitrogen and oxygen atoms in total. The van der Waals surface area contributed by atoms with Crippen molar-refractivity contribution in [3.05, 3.63) is 29.8 Å². The maximum atomic E-state index is 9.74. The molecule has 0 bridgehead atoms. The van der Waals surface area contributed by atoms with E-state index in [0.717, 1.165) is 12.0 Å². The van der Waals surface area contributed by atoms with E-state index in [1.54, 1.807) is 0 Å². The van der Waals surface area contributed by atoms with E-state index in [2.05, 4.69) is 44.9 Å². The molecule has 0 aromatic heterocycles. The van der Waals surface area contributed by atoms with Gasteiger partial charge in [-0.15, -0.1) is 0 Å². The van der Waals surface area contributed by atoms with Crippen molar-refractivity contribution in [1.29, 1.82) is 0 Å². The summed E-state index contributed by atoms with van der Waals surface area (Å²) < 4.78 is 0. The van der Waals surface area contributed by atoms with Crippen LogP contribution < -0.4 is 4.90 Å². The van der Waals surface area contributed by atoms with Gasteiger partial charge in [-0.05, 0) is 37.0 Å². The molecule has 0 fully saturated rings. The van der Waals surface area contributed by atoms with Gasteiger partial charge in [0.05, 0.1) is 6.10 Å². The molecule has 2 atom stereocenters. The van der Waals surface area contributed by atoms with E-state index in [9.17, 15) is 5.11 Å². The van der Waals surface area contributed by atoms with Gasteiger partial charge in [-0.25, -0.2) is 0 Å². The van der Waals surface area contributed by atoms with Crippen molar-refractivity contribution < 1.29 is 5.11 Å². The van der Waals surface area contributed by atoms with Crippen LogP contribution in [0, 0.1) is 5.92 Å². The van der Waals surface area contributed by atoms with E-state index in [-0.39, 0.29) is 6.10 Å². The molecule has 96 valence electrons. The van der Waals surface area contributed by atoms with Crippen LogP contribution in [-0.2, 0) is 0 Å². The van der Waals surface area contributed by atoms with Gasteiger partial charge in [0.15, 0.2) is 0 Å². The molecule has 0 aliphatic carbocycles. The van der Waals surface area contributed by atoms with Crippen molar-refractivity contribution in [3.8, 4) is 0 Å². The minimum atomic E-state index is -0.336. The molecule has 0 aliphatic rings. The Morgan fingerprint density at radius 1 is 1.12 bits per heavy atom. The van der Waals surface area contributed by atoms with Crippen LogP contribution in [0.25, 0.3) is 0 Å². The van der Waals surface area contributed by atoms with Crippen molar-refractivity contribution in [2.75, 3.05) is 11.9 Å². The topological polar surface area (TPSA) is 23.5 Å². The number of benzene rings is 1. The highest BCUT2D eigenvalue weighted by atomic mass is 16.3. The third-order valence-corrected chi connectivity index (χ3v) is 3.65. The molecule has 1 unspecified atom stereocenters. The lowest BCUT2D eigenvalue weighted by Gasteiger charge is -2.30. The molecular weight excluding hydrogens is 210 g/mol. The Bertz CT molecular complexity index is 331. The highest BCUT2D eigenvalue weighted by Gasteiger charge is 2.14. The average molecular weight is 235 g/mol. The second kappa shape index (κ2) is 6.06. The first-order chi connectivity index (χ1) is 7.97. The highest BCUT2D eigenvalue weighted by molar-refractivity contribution is 5.48. The molecule has 2 heteroatoms. The summed E-state index contributed by atoms with van der Waals surface area (Å²) >= 11 is 0. The lowest BCUT2D eigenvalue weighted by atomic mass is 10.0. The number of aliphatic hydroxyl groups is 1. The zero-order chi connectivity index (χ0) is 13.0. The lowest BCUT2D eigenvalue weighted by molar-refractivity contribution is 0.173. The number of nitrogens with zero attached hydrogens (tertiary/aromatic N) is 1. The minimum Gasteiger partial charge on any atom is -0.388 e. The van der Waals surface area contributed by atoms with Crippen molar-refractivity contribution in [3.63, 3.8) is 0 Å². The van der Waals surface area contributed by atoms with Crippen LogP contribution in [0.1, 0.15) is 45.8 Å². The van der Waals surface area contributed by atoms with Crippen molar-refractivity contribution in [2.24, 2.45) is 5.92 Å². The molecule has 0 saturated carbocycles. The summed E-state index contributed by atoms with van der Waals surface area (Å²) in [6.45, 7) is 8.69. The molecular formula is C15H25NO. The number of anilines is 1. The van der Waals surface area contributed by atoms with E-state index in [1.807, 2.05) is 19.1 Å². The maximum absolute atomic E-state index is 9.74. The minimum absolute atomic E-state index is 0.336. The third kappa shape index (κ3) is 3.47. The second-order valence-corrected chi connectivity index (χ2v) is 5.11. The van der Waals surface area contributed by atoms with Crippen LogP contribution in [0.3, 0.4) is 0 Å². The van der Waals surface area contributed by atoms with E-state index >= 15 is 0 Å². The van der Waals surface area contributed by atoms with E-state index in [4.69, 9.17) is 0 Å². The van der Waals surface area contributed by atoms with E-state index in [1.165, 1.54) is 5.69 Å². The number of rotatable bonds is 5. The third-order valence-electron chi connectivity index (χ3n) is 3.65. The van der Waals surface area contributed by atoms with Gasteiger partial charge >= 0.3 is 0 Å². The Labute approximate surface area is 105 Å². The number of hydrogen-bond donors (Lipinski definition) is 1. The van der Waals surface area contributed by atoms with Gasteiger partial charge < -0.3 is 10.0 Å². The molecule has 0 heterocycles. The van der Waals surface area contributed by atoms with Gasteiger partial charge in [-0.1, -0.05) is 32.9 Å². The van der Waals surface area contributed by atoms with Crippen LogP contribution >= 0.6 is 0 Å². The normalized spacial score (nSPS) is 14.8. The molecule has 1 rings (SSSR count). The molecule has 17 heavy (non-hydrogen) atoms. The largest absolute Gasteiger partial charge is 0.388 e. The van der Waals surface area contributed by atoms with Crippen LogP contribution in [0.5, 0.6) is 0 Å². The van der Waals surface area contributed by atoms with Crippen LogP contribution in [-0.4, -0.2) is 18.2 Å². The van der Waals surface area contributed by atoms with Crippen LogP contribution in [0.2, 0.25) is 0 Å². The fraction of sp³-hybridized carbons (Fsp3) is 0.600. The summed E-state index contributed by atoms with van der Waals surface area (Å²) in [6, 6.07) is 8.73. The Kier molecular flexibility index (Phi) is 5.01. The molecule has 0 aliphatic heterocycles. The molecule has 0 spiro atoms. The van der Waals surface area contributed by atoms with Gasteiger partial charge in [-0.2, -0.15) is 0 Å². The summed E-state index contributed by atoms with van der Waals surface area (Å²) in [4.78, 5) is 2.28. The molecule has 1 aromatic carbocycles. The van der Waals surface area contributed by atoms with Crippen LogP contribution in [0.4, 0.5) is 5.69 Å². The zero-order valence-corrected chi connectivity index (χ0v) is 11.6. The molecule has 1 aromatic rings. The molecule has 0 radical (unpaired) electrons. The summed E-state index contributed by atoms with van der Waals surface area (Å²) in [5, 5.41) is 9.74. The monoisotopic (exact) mass is 235 g/mol. The first kappa shape index (κ1) is 14.0. The Morgan fingerprint density at radius 2 is 1.65 bits per heavy atom. The van der Waals surface area contributed by atoms with Gasteiger partial charge in [0.25, 0.3) is 0 Å². The van der Waals surface area contributed by atoms with E-state index < -0.39 is 0 Å². The second-order valence-electron chi connectivity index (χ2n) is 5.11. The fourth-order valence-corrected chi connectivity index (χ4v) is 1.85. The Morgan fingerprint density at radius 3 is 2.06 bits per heavy atom. The maximum Gasteiger partial charge on any atom is 0.0787 e. The number of aliphatic hydroxyl groups excluding tert-OH is 1. The van der Waals surface area contributed by atoms with Gasteiger partial charge in [-0.3, -0.25) is 0 Å². The average Bonchev–Trinajstić information content (AvgIpc) is 2.36. The van der Waals surface area contributed by atoms with Gasteiger partial charge in [0, 0.05) is 18.8 Å². The summed E-state index contributed by atoms with van der Waals surface area (Å²) in [5.41, 5.74) is 2.21. The van der Waals surface area contributed by atoms with Crippen molar-refractivity contribution >= 4 is 5.69 Å². The molecule has 0 saturated heterocycles. The quantitative estimate of drug-likeness (QED) is 0.842. The first-order valence-corrected chi connectivity index (χ1v) is 6.48. The van der Waals surface area contributed by atoms with Gasteiger partial charge in [0.1, 0.15) is 0 Å². The van der Waals surface area contributed by atoms with E-state index in [0.29, 0.717) is 12.0 Å². The Hall–Kier alpha value is -1.02. The predicted molar refractivity (Wildman–Crippen MR) is 74.4 cm³/mol. The Balaban J connectivity index is 2.80. The summed E-state index contributed by atoms with van der Waals surface area (Å²) in [5.74, 6) is 0.626. The smallest absolute Gasteiger partial charge is 0.0787 e. The van der Waals surface area contributed by atoms with Crippen molar-refractivity contribution in [2.45, 2.75) is 46.3 Å². The number of hydrogen-bond acceptors (Lipinski definition) is 2. The first-order valence-electron chi connectivity index (χ1n) is 6.48. The fourth-order valence-electron chi connectivity index (χ4n) is 1.85. The van der Waals surface area contributed by atoms with Crippen molar-refractivity contribution in [1.82, 2.24) is 0 Å². The standard InChI is InChI=1S/C15H25NO/c1-6-15(17)13-7-9-14(10-8-13)16(5)12(4)11(2)3/h7-12,15,17H,6H2,1-5H3/t12?,15-/m1/s1. The van der Waals surface area contributed by atoms with Gasteiger partial charge in [0.2, 0.25) is 0 Å². The predicted octanol–water partition coefficient (Wildman–Crippen LogP) is 3.61. The van der Waals surface area contributed by atoms with Crippen LogP contribution in [0.15, 0.2) is 24.3 Å². The molecule has 1 N–H and O–H groups in total. The molecule has 0 amide bonds. The zero-order valence-electron chi connectivity index (χ0n) is 11.6. The highest BCUT2D eigenvalue weighted by Crippen LogP contribution is 2.23. The SMILES string of the molecule is CC[C@@H](O)c1ccc(N(C)C(C)C(C)C)cc1.